The predicted octanol–water partition coefficient (Wildman–Crippen LogP) is 0.356. The average molecular weight is 157 g/mol. The zero-order valence-corrected chi connectivity index (χ0v) is 6.45. The smallest absolute Gasteiger partial charge is 0.153 e. The van der Waals surface area contributed by atoms with Gasteiger partial charge in [-0.05, 0) is 12.2 Å². The molecule has 58 valence electrons. The van der Waals surface area contributed by atoms with Gasteiger partial charge in [0.25, 0.3) is 0 Å². The molecular weight excluding hydrogens is 150 g/mol. The molecule has 0 bridgehead atoms. The topological polar surface area (TPSA) is 21.6 Å². The number of hydrogen-bond donors (Lipinski definition) is 0. The van der Waals surface area contributed by atoms with Gasteiger partial charge in [-0.2, -0.15) is 0 Å². The van der Waals surface area contributed by atoms with Gasteiger partial charge in [0.2, 0.25) is 0 Å². The first kappa shape index (κ1) is 6.00. The highest BCUT2D eigenvalue weighted by atomic mass is 16.5. The fourth-order valence-corrected chi connectivity index (χ4v) is 1.59. The standard InChI is InChI=1S/C10H7NO/c1-2-8-4-6-12-10(8)9-7(1)3-5-11-9/h1-5H,6H2. The molecule has 0 amide bonds. The summed E-state index contributed by atoms with van der Waals surface area (Å²) >= 11 is 0. The Morgan fingerprint density at radius 1 is 1.25 bits per heavy atom. The van der Waals surface area contributed by atoms with E-state index in [4.69, 9.17) is 4.74 Å². The fraction of sp³-hybridized carbons (Fsp3) is 0.100. The third kappa shape index (κ3) is 0.619. The lowest BCUT2D eigenvalue weighted by Crippen LogP contribution is -2.06. The molecule has 2 heterocycles. The number of nitrogens with zero attached hydrogens (tertiary/aromatic N) is 1. The van der Waals surface area contributed by atoms with Crippen LogP contribution in [0.2, 0.25) is 0 Å². The lowest BCUT2D eigenvalue weighted by Gasteiger charge is -2.00. The maximum atomic E-state index is 5.45. The molecule has 0 atom stereocenters. The Labute approximate surface area is 69.5 Å². The minimum absolute atomic E-state index is 0.682. The first-order chi connectivity index (χ1) is 5.95. The van der Waals surface area contributed by atoms with Crippen LogP contribution in [-0.2, 0) is 0 Å². The summed E-state index contributed by atoms with van der Waals surface area (Å²) in [5, 5.41) is 2.32. The van der Waals surface area contributed by atoms with Crippen molar-refractivity contribution >= 4 is 24.1 Å². The van der Waals surface area contributed by atoms with E-state index in [1.165, 1.54) is 5.22 Å². The van der Waals surface area contributed by atoms with Gasteiger partial charge in [-0.25, -0.2) is 0 Å². The molecule has 0 saturated heterocycles. The Kier molecular flexibility index (Phi) is 0.987. The molecule has 3 rings (SSSR count). The molecule has 2 heteroatoms. The van der Waals surface area contributed by atoms with E-state index >= 15 is 0 Å². The summed E-state index contributed by atoms with van der Waals surface area (Å²) in [6.07, 6.45) is 5.88. The van der Waals surface area contributed by atoms with Crippen molar-refractivity contribution in [2.24, 2.45) is 4.99 Å². The highest BCUT2D eigenvalue weighted by molar-refractivity contribution is 5.98. The van der Waals surface area contributed by atoms with Gasteiger partial charge in [-0.1, -0.05) is 12.1 Å². The van der Waals surface area contributed by atoms with Crippen molar-refractivity contribution in [1.82, 2.24) is 0 Å². The Morgan fingerprint density at radius 2 is 2.17 bits per heavy atom. The third-order valence-corrected chi connectivity index (χ3v) is 2.18. The van der Waals surface area contributed by atoms with Crippen molar-refractivity contribution < 1.29 is 4.74 Å². The maximum Gasteiger partial charge on any atom is 0.153 e. The quantitative estimate of drug-likeness (QED) is 0.532. The molecule has 0 radical (unpaired) electrons. The molecule has 0 unspecified atom stereocenters. The van der Waals surface area contributed by atoms with Crippen molar-refractivity contribution in [3.63, 3.8) is 0 Å². The Balaban J connectivity index is 2.50. The fourth-order valence-electron chi connectivity index (χ4n) is 1.59. The van der Waals surface area contributed by atoms with Crippen LogP contribution in [-0.4, -0.2) is 12.8 Å². The summed E-state index contributed by atoms with van der Waals surface area (Å²) in [4.78, 5) is 4.25. The average Bonchev–Trinajstić information content (AvgIpc) is 2.71. The zero-order valence-electron chi connectivity index (χ0n) is 6.45. The van der Waals surface area contributed by atoms with E-state index in [0.717, 1.165) is 16.7 Å². The van der Waals surface area contributed by atoms with Crippen molar-refractivity contribution in [2.45, 2.75) is 0 Å². The first-order valence-corrected chi connectivity index (χ1v) is 3.95. The summed E-state index contributed by atoms with van der Waals surface area (Å²) in [7, 11) is 0. The van der Waals surface area contributed by atoms with Crippen LogP contribution in [0.5, 0.6) is 5.75 Å². The third-order valence-electron chi connectivity index (χ3n) is 2.18. The first-order valence-electron chi connectivity index (χ1n) is 3.95. The van der Waals surface area contributed by atoms with Gasteiger partial charge in [0.05, 0.1) is 0 Å². The summed E-state index contributed by atoms with van der Waals surface area (Å²) < 4.78 is 5.45. The molecule has 1 aromatic rings. The van der Waals surface area contributed by atoms with E-state index in [9.17, 15) is 0 Å². The molecule has 0 spiro atoms. The van der Waals surface area contributed by atoms with E-state index in [0.29, 0.717) is 6.61 Å². The van der Waals surface area contributed by atoms with E-state index in [2.05, 4.69) is 23.2 Å². The van der Waals surface area contributed by atoms with Gasteiger partial charge >= 0.3 is 0 Å². The molecular formula is C10H7NO. The van der Waals surface area contributed by atoms with Crippen molar-refractivity contribution in [1.29, 1.82) is 0 Å². The van der Waals surface area contributed by atoms with Crippen molar-refractivity contribution in [3.05, 3.63) is 22.6 Å². The van der Waals surface area contributed by atoms with Gasteiger partial charge in [-0.15, -0.1) is 0 Å². The monoisotopic (exact) mass is 157 g/mol. The van der Waals surface area contributed by atoms with Crippen LogP contribution in [0.4, 0.5) is 5.69 Å². The molecule has 0 aliphatic carbocycles. The van der Waals surface area contributed by atoms with Crippen molar-refractivity contribution in [3.8, 4) is 5.75 Å². The lowest BCUT2D eigenvalue weighted by atomic mass is 10.2. The Morgan fingerprint density at radius 3 is 3.17 bits per heavy atom. The van der Waals surface area contributed by atoms with Gasteiger partial charge in [0, 0.05) is 16.7 Å². The predicted molar refractivity (Wildman–Crippen MR) is 48.3 cm³/mol. The van der Waals surface area contributed by atoms with Crippen LogP contribution in [0.1, 0.15) is 0 Å². The SMILES string of the molecule is C1=Nc2c3c(ccc2=C1)=CCO3. The number of aliphatic imine (C=N–C) groups is 1. The number of ether oxygens (including phenoxy) is 1. The molecule has 12 heavy (non-hydrogen) atoms. The number of hydrogen-bond acceptors (Lipinski definition) is 2. The molecule has 0 fully saturated rings. The zero-order chi connectivity index (χ0) is 7.97. The van der Waals surface area contributed by atoms with E-state index in [1.807, 2.05) is 12.3 Å². The largest absolute Gasteiger partial charge is 0.487 e. The van der Waals surface area contributed by atoms with Gasteiger partial charge < -0.3 is 4.74 Å². The summed E-state index contributed by atoms with van der Waals surface area (Å²) in [6, 6.07) is 4.15. The van der Waals surface area contributed by atoms with Crippen LogP contribution in [0.3, 0.4) is 0 Å². The Hall–Kier alpha value is -1.57. The second kappa shape index (κ2) is 1.97. The second-order valence-corrected chi connectivity index (χ2v) is 2.88. The van der Waals surface area contributed by atoms with E-state index < -0.39 is 0 Å². The highest BCUT2D eigenvalue weighted by Crippen LogP contribution is 2.22. The second-order valence-electron chi connectivity index (χ2n) is 2.88. The maximum absolute atomic E-state index is 5.45. The molecule has 0 saturated carbocycles. The minimum atomic E-state index is 0.682. The van der Waals surface area contributed by atoms with Gasteiger partial charge in [0.15, 0.2) is 5.75 Å². The number of fused-ring (bicyclic) bond motifs is 3. The van der Waals surface area contributed by atoms with Crippen LogP contribution in [0.15, 0.2) is 17.1 Å². The summed E-state index contributed by atoms with van der Waals surface area (Å²) in [5.74, 6) is 0.942. The Bertz CT molecular complexity index is 485. The summed E-state index contributed by atoms with van der Waals surface area (Å²) in [6.45, 7) is 0.682. The molecule has 1 aromatic carbocycles. The summed E-state index contributed by atoms with van der Waals surface area (Å²) in [5.41, 5.74) is 0.987. The molecule has 2 aliphatic heterocycles. The lowest BCUT2D eigenvalue weighted by molar-refractivity contribution is 0.387. The number of rotatable bonds is 0. The minimum Gasteiger partial charge on any atom is -0.487 e. The van der Waals surface area contributed by atoms with Gasteiger partial charge in [-0.3, -0.25) is 4.99 Å². The molecule has 0 aromatic heterocycles. The number of benzene rings is 1. The van der Waals surface area contributed by atoms with Crippen LogP contribution < -0.4 is 15.2 Å². The highest BCUT2D eigenvalue weighted by Gasteiger charge is 2.11. The van der Waals surface area contributed by atoms with Crippen molar-refractivity contribution in [2.75, 3.05) is 6.61 Å². The van der Waals surface area contributed by atoms with Crippen LogP contribution in [0, 0.1) is 0 Å². The van der Waals surface area contributed by atoms with Crippen LogP contribution >= 0.6 is 0 Å². The van der Waals surface area contributed by atoms with Crippen LogP contribution in [0.25, 0.3) is 12.2 Å². The molecule has 0 N–H and O–H groups in total. The molecule has 2 aliphatic rings. The normalized spacial score (nSPS) is 16.0. The van der Waals surface area contributed by atoms with E-state index in [-0.39, 0.29) is 0 Å². The van der Waals surface area contributed by atoms with Gasteiger partial charge in [0.1, 0.15) is 12.3 Å². The molecule has 2 nitrogen and oxygen atoms in total. The van der Waals surface area contributed by atoms with E-state index in [1.54, 1.807) is 0 Å².